The number of carbonyl (C=O) groups excluding carboxylic acids is 1. The first-order valence-electron chi connectivity index (χ1n) is 8.57. The number of halogens is 1. The summed E-state index contributed by atoms with van der Waals surface area (Å²) in [7, 11) is -3.62. The number of hydrogen-bond acceptors (Lipinski definition) is 4. The highest BCUT2D eigenvalue weighted by molar-refractivity contribution is 7.90. The summed E-state index contributed by atoms with van der Waals surface area (Å²) in [5.74, 6) is 0.285. The molecular weight excluding hydrogens is 372 g/mol. The van der Waals surface area contributed by atoms with Gasteiger partial charge in [-0.15, -0.1) is 0 Å². The van der Waals surface area contributed by atoms with Crippen LogP contribution in [0.4, 0.5) is 0 Å². The first kappa shape index (κ1) is 18.9. The van der Waals surface area contributed by atoms with Crippen LogP contribution in [-0.2, 0) is 15.6 Å². The second kappa shape index (κ2) is 7.76. The molecule has 26 heavy (non-hydrogen) atoms. The molecule has 0 bridgehead atoms. The molecule has 1 aliphatic rings. The molecular formula is C19H21ClN2O3S. The number of piperidine rings is 1. The van der Waals surface area contributed by atoms with Crippen molar-refractivity contribution in [3.8, 4) is 0 Å². The lowest BCUT2D eigenvalue weighted by atomic mass is 9.99. The zero-order valence-corrected chi connectivity index (χ0v) is 16.1. The van der Waals surface area contributed by atoms with Crippen LogP contribution in [-0.4, -0.2) is 37.3 Å². The highest BCUT2D eigenvalue weighted by Crippen LogP contribution is 2.25. The van der Waals surface area contributed by atoms with Gasteiger partial charge in [-0.05, 0) is 42.5 Å². The second-order valence-electron chi connectivity index (χ2n) is 6.75. The molecule has 5 nitrogen and oxygen atoms in total. The average molecular weight is 393 g/mol. The maximum absolute atomic E-state index is 12.7. The number of likely N-dealkylation sites (tertiary alicyclic amines) is 1. The summed E-state index contributed by atoms with van der Waals surface area (Å²) in [5.41, 5.74) is 0.896. The molecule has 138 valence electrons. The molecule has 1 fully saturated rings. The molecule has 1 saturated heterocycles. The lowest BCUT2D eigenvalue weighted by molar-refractivity contribution is 0.0696. The number of benzene rings is 1. The third kappa shape index (κ3) is 4.24. The van der Waals surface area contributed by atoms with Crippen molar-refractivity contribution in [2.24, 2.45) is 5.92 Å². The van der Waals surface area contributed by atoms with Gasteiger partial charge in [0.15, 0.2) is 9.84 Å². The molecule has 0 radical (unpaired) electrons. The van der Waals surface area contributed by atoms with Crippen LogP contribution in [0.3, 0.4) is 0 Å². The summed E-state index contributed by atoms with van der Waals surface area (Å²) >= 11 is 6.01. The number of nitrogens with zero attached hydrogens (tertiary/aromatic N) is 2. The molecule has 2 aromatic rings. The summed E-state index contributed by atoms with van der Waals surface area (Å²) in [6.07, 6.45) is 4.94. The number of pyridine rings is 1. The van der Waals surface area contributed by atoms with E-state index in [0.717, 1.165) is 25.9 Å². The van der Waals surface area contributed by atoms with Crippen molar-refractivity contribution in [1.29, 1.82) is 0 Å². The van der Waals surface area contributed by atoms with Crippen LogP contribution in [0.1, 0.15) is 35.7 Å². The second-order valence-corrected chi connectivity index (χ2v) is 9.11. The maximum Gasteiger partial charge on any atom is 0.255 e. The lowest BCUT2D eigenvalue weighted by Crippen LogP contribution is -2.38. The zero-order chi connectivity index (χ0) is 18.7. The van der Waals surface area contributed by atoms with Gasteiger partial charge in [0.25, 0.3) is 5.91 Å². The molecule has 0 atom stereocenters. The topological polar surface area (TPSA) is 67.3 Å². The Balaban J connectivity index is 1.79. The number of rotatable bonds is 4. The molecule has 0 N–H and O–H groups in total. The SMILES string of the molecule is CC1CCN(C(=O)c2cncc(CS(=O)(=O)c3ccccc3Cl)c2)CC1. The van der Waals surface area contributed by atoms with Crippen LogP contribution >= 0.6 is 11.6 Å². The van der Waals surface area contributed by atoms with Gasteiger partial charge in [0.05, 0.1) is 21.2 Å². The fourth-order valence-corrected chi connectivity index (χ4v) is 4.96. The van der Waals surface area contributed by atoms with E-state index >= 15 is 0 Å². The van der Waals surface area contributed by atoms with E-state index < -0.39 is 9.84 Å². The van der Waals surface area contributed by atoms with E-state index in [1.165, 1.54) is 18.5 Å². The Morgan fingerprint density at radius 2 is 1.92 bits per heavy atom. The molecule has 0 saturated carbocycles. The summed E-state index contributed by atoms with van der Waals surface area (Å²) in [4.78, 5) is 18.6. The highest BCUT2D eigenvalue weighted by atomic mass is 35.5. The summed E-state index contributed by atoms with van der Waals surface area (Å²) < 4.78 is 25.3. The molecule has 0 aliphatic carbocycles. The minimum absolute atomic E-state index is 0.0865. The van der Waals surface area contributed by atoms with Crippen molar-refractivity contribution in [1.82, 2.24) is 9.88 Å². The van der Waals surface area contributed by atoms with Gasteiger partial charge >= 0.3 is 0 Å². The fraction of sp³-hybridized carbons (Fsp3) is 0.368. The third-order valence-corrected chi connectivity index (χ3v) is 6.82. The third-order valence-electron chi connectivity index (χ3n) is 4.64. The number of sulfone groups is 1. The Morgan fingerprint density at radius 3 is 2.62 bits per heavy atom. The Labute approximate surface area is 158 Å². The van der Waals surface area contributed by atoms with Gasteiger partial charge in [-0.25, -0.2) is 8.42 Å². The van der Waals surface area contributed by atoms with E-state index in [9.17, 15) is 13.2 Å². The van der Waals surface area contributed by atoms with Gasteiger partial charge in [0, 0.05) is 25.5 Å². The quantitative estimate of drug-likeness (QED) is 0.797. The molecule has 1 aliphatic heterocycles. The van der Waals surface area contributed by atoms with Crippen LogP contribution in [0.2, 0.25) is 5.02 Å². The first-order valence-corrected chi connectivity index (χ1v) is 10.6. The Bertz CT molecular complexity index is 907. The van der Waals surface area contributed by atoms with Crippen LogP contribution in [0.5, 0.6) is 0 Å². The van der Waals surface area contributed by atoms with Crippen molar-refractivity contribution in [2.75, 3.05) is 13.1 Å². The normalized spacial score (nSPS) is 15.8. The summed E-state index contributed by atoms with van der Waals surface area (Å²) in [6.45, 7) is 3.63. The van der Waals surface area contributed by atoms with Gasteiger partial charge < -0.3 is 4.90 Å². The van der Waals surface area contributed by atoms with Crippen molar-refractivity contribution in [2.45, 2.75) is 30.4 Å². The van der Waals surface area contributed by atoms with Crippen molar-refractivity contribution >= 4 is 27.3 Å². The predicted octanol–water partition coefficient (Wildman–Crippen LogP) is 3.58. The number of hydrogen-bond donors (Lipinski definition) is 0. The van der Waals surface area contributed by atoms with Gasteiger partial charge in [0.2, 0.25) is 0 Å². The van der Waals surface area contributed by atoms with Crippen LogP contribution in [0.25, 0.3) is 0 Å². The average Bonchev–Trinajstić information content (AvgIpc) is 2.62. The Kier molecular flexibility index (Phi) is 5.63. The predicted molar refractivity (Wildman–Crippen MR) is 101 cm³/mol. The number of carbonyl (C=O) groups is 1. The molecule has 2 heterocycles. The van der Waals surface area contributed by atoms with Crippen molar-refractivity contribution < 1.29 is 13.2 Å². The molecule has 1 amide bonds. The Morgan fingerprint density at radius 1 is 1.23 bits per heavy atom. The lowest BCUT2D eigenvalue weighted by Gasteiger charge is -2.30. The van der Waals surface area contributed by atoms with Crippen LogP contribution < -0.4 is 0 Å². The van der Waals surface area contributed by atoms with E-state index in [0.29, 0.717) is 17.0 Å². The van der Waals surface area contributed by atoms with E-state index in [4.69, 9.17) is 11.6 Å². The number of amides is 1. The monoisotopic (exact) mass is 392 g/mol. The van der Waals surface area contributed by atoms with Gasteiger partial charge in [-0.1, -0.05) is 30.7 Å². The Hall–Kier alpha value is -1.92. The van der Waals surface area contributed by atoms with E-state index in [-0.39, 0.29) is 21.6 Å². The number of aromatic nitrogens is 1. The van der Waals surface area contributed by atoms with E-state index in [2.05, 4.69) is 11.9 Å². The van der Waals surface area contributed by atoms with E-state index in [1.807, 2.05) is 4.90 Å². The van der Waals surface area contributed by atoms with Gasteiger partial charge in [0.1, 0.15) is 0 Å². The molecule has 1 aromatic heterocycles. The highest BCUT2D eigenvalue weighted by Gasteiger charge is 2.23. The molecule has 0 spiro atoms. The minimum atomic E-state index is -3.62. The van der Waals surface area contributed by atoms with Gasteiger partial charge in [-0.2, -0.15) is 0 Å². The molecule has 0 unspecified atom stereocenters. The largest absolute Gasteiger partial charge is 0.339 e. The minimum Gasteiger partial charge on any atom is -0.339 e. The molecule has 7 heteroatoms. The first-order chi connectivity index (χ1) is 12.4. The summed E-state index contributed by atoms with van der Waals surface area (Å²) in [5, 5.41) is 0.190. The van der Waals surface area contributed by atoms with Crippen molar-refractivity contribution in [3.05, 3.63) is 58.9 Å². The van der Waals surface area contributed by atoms with Crippen LogP contribution in [0, 0.1) is 5.92 Å². The summed E-state index contributed by atoms with van der Waals surface area (Å²) in [6, 6.07) is 7.96. The maximum atomic E-state index is 12.7. The van der Waals surface area contributed by atoms with Crippen molar-refractivity contribution in [3.63, 3.8) is 0 Å². The zero-order valence-electron chi connectivity index (χ0n) is 14.6. The van der Waals surface area contributed by atoms with Gasteiger partial charge in [-0.3, -0.25) is 9.78 Å². The molecule has 1 aromatic carbocycles. The smallest absolute Gasteiger partial charge is 0.255 e. The molecule has 3 rings (SSSR count). The fourth-order valence-electron chi connectivity index (χ4n) is 3.07. The standard InChI is InChI=1S/C19H21ClN2O3S/c1-14-6-8-22(9-7-14)19(23)16-10-15(11-21-12-16)13-26(24,25)18-5-3-2-4-17(18)20/h2-5,10-12,14H,6-9,13H2,1H3. The van der Waals surface area contributed by atoms with E-state index in [1.54, 1.807) is 24.3 Å². The van der Waals surface area contributed by atoms with Crippen LogP contribution in [0.15, 0.2) is 47.6 Å².